The number of rotatable bonds is 12. The van der Waals surface area contributed by atoms with Crippen LogP contribution in [-0.4, -0.2) is 79.8 Å². The molecule has 5 atom stereocenters. The van der Waals surface area contributed by atoms with Crippen molar-refractivity contribution in [1.82, 2.24) is 25.2 Å². The van der Waals surface area contributed by atoms with Crippen LogP contribution in [0, 0.1) is 11.8 Å². The standard InChI is InChI=1S/C27H37N5O6/c1-3-26-13-14-27(38-26)20(21(26)25(36)37-4-2)24(35)31(15-9-5-6-10-16-33)22(27)23(34)28-17-32-19-12-8-7-11-18(19)29-30-32/h7-8,11-12,20-22,33H,3-6,9-10,13-17H2,1-2H3,(H,28,34)/t20-,21+,22?,26-,27?/m0/s1. The van der Waals surface area contributed by atoms with E-state index in [1.807, 2.05) is 31.2 Å². The molecule has 5 rings (SSSR count). The summed E-state index contributed by atoms with van der Waals surface area (Å²) in [6.45, 7) is 4.53. The van der Waals surface area contributed by atoms with Crippen molar-refractivity contribution in [3.8, 4) is 0 Å². The number of fused-ring (bicyclic) bond motifs is 2. The Morgan fingerprint density at radius 2 is 1.97 bits per heavy atom. The zero-order valence-electron chi connectivity index (χ0n) is 22.1. The summed E-state index contributed by atoms with van der Waals surface area (Å²) in [6, 6.07) is 6.62. The maximum absolute atomic E-state index is 14.0. The Kier molecular flexibility index (Phi) is 7.41. The van der Waals surface area contributed by atoms with Crippen molar-refractivity contribution in [1.29, 1.82) is 0 Å². The number of aromatic nitrogens is 3. The van der Waals surface area contributed by atoms with Crippen molar-refractivity contribution in [2.45, 2.75) is 82.7 Å². The smallest absolute Gasteiger partial charge is 0.312 e. The molecule has 2 N–H and O–H groups in total. The van der Waals surface area contributed by atoms with Crippen LogP contribution in [0.2, 0.25) is 0 Å². The molecule has 3 fully saturated rings. The Hall–Kier alpha value is -3.05. The van der Waals surface area contributed by atoms with E-state index in [1.165, 1.54) is 0 Å². The molecule has 1 aromatic carbocycles. The van der Waals surface area contributed by atoms with Gasteiger partial charge < -0.3 is 24.8 Å². The van der Waals surface area contributed by atoms with E-state index in [2.05, 4.69) is 15.6 Å². The van der Waals surface area contributed by atoms with Gasteiger partial charge >= 0.3 is 5.97 Å². The van der Waals surface area contributed by atoms with Gasteiger partial charge in [-0.05, 0) is 51.2 Å². The topological polar surface area (TPSA) is 136 Å². The number of benzene rings is 1. The normalized spacial score (nSPS) is 29.7. The SMILES string of the molecule is CCOC(=O)[C@H]1[C@H]2C(=O)N(CCCCCCO)C(C(=O)NCn3nnc4ccccc43)C23CC[C@]1(CC)O3. The quantitative estimate of drug-likeness (QED) is 0.315. The zero-order chi connectivity index (χ0) is 26.9. The van der Waals surface area contributed by atoms with Gasteiger partial charge in [0.25, 0.3) is 0 Å². The monoisotopic (exact) mass is 527 g/mol. The number of amides is 2. The van der Waals surface area contributed by atoms with Crippen LogP contribution in [-0.2, 0) is 30.5 Å². The molecule has 206 valence electrons. The van der Waals surface area contributed by atoms with Gasteiger partial charge in [-0.15, -0.1) is 5.10 Å². The van der Waals surface area contributed by atoms with Crippen LogP contribution in [0.1, 0.15) is 58.8 Å². The molecule has 2 aromatic rings. The van der Waals surface area contributed by atoms with Crippen molar-refractivity contribution in [3.63, 3.8) is 0 Å². The van der Waals surface area contributed by atoms with Crippen molar-refractivity contribution < 1.29 is 29.0 Å². The second-order valence-corrected chi connectivity index (χ2v) is 10.5. The van der Waals surface area contributed by atoms with Crippen molar-refractivity contribution in [2.24, 2.45) is 11.8 Å². The predicted molar refractivity (Wildman–Crippen MR) is 136 cm³/mol. The van der Waals surface area contributed by atoms with Gasteiger partial charge in [-0.3, -0.25) is 14.4 Å². The molecule has 3 saturated heterocycles. The Labute approximate surface area is 221 Å². The molecule has 3 aliphatic rings. The van der Waals surface area contributed by atoms with Crippen molar-refractivity contribution in [2.75, 3.05) is 19.8 Å². The minimum Gasteiger partial charge on any atom is -0.466 e. The minimum absolute atomic E-state index is 0.0926. The summed E-state index contributed by atoms with van der Waals surface area (Å²) in [4.78, 5) is 42.7. The molecule has 0 saturated carbocycles. The van der Waals surface area contributed by atoms with Crippen LogP contribution in [0.4, 0.5) is 0 Å². The molecule has 4 heterocycles. The molecule has 0 aliphatic carbocycles. The molecular formula is C27H37N5O6. The molecule has 2 unspecified atom stereocenters. The summed E-state index contributed by atoms with van der Waals surface area (Å²) in [5, 5.41) is 20.4. The first kappa shape index (κ1) is 26.6. The van der Waals surface area contributed by atoms with E-state index in [9.17, 15) is 14.4 Å². The number of aliphatic hydroxyl groups excluding tert-OH is 1. The van der Waals surface area contributed by atoms with Gasteiger partial charge in [0.2, 0.25) is 11.8 Å². The molecule has 38 heavy (non-hydrogen) atoms. The van der Waals surface area contributed by atoms with Gasteiger partial charge in [0, 0.05) is 13.2 Å². The number of hydrogen-bond acceptors (Lipinski definition) is 8. The lowest BCUT2D eigenvalue weighted by atomic mass is 9.65. The van der Waals surface area contributed by atoms with E-state index in [0.29, 0.717) is 38.6 Å². The molecule has 2 amide bonds. The number of unbranched alkanes of at least 4 members (excludes halogenated alkanes) is 3. The van der Waals surface area contributed by atoms with Gasteiger partial charge in [-0.1, -0.05) is 37.1 Å². The van der Waals surface area contributed by atoms with E-state index in [1.54, 1.807) is 16.5 Å². The number of esters is 1. The van der Waals surface area contributed by atoms with E-state index < -0.39 is 35.0 Å². The van der Waals surface area contributed by atoms with Crippen molar-refractivity contribution >= 4 is 28.8 Å². The maximum Gasteiger partial charge on any atom is 0.312 e. The lowest BCUT2D eigenvalue weighted by Gasteiger charge is -2.33. The second kappa shape index (κ2) is 10.6. The molecular weight excluding hydrogens is 490 g/mol. The first-order chi connectivity index (χ1) is 18.4. The second-order valence-electron chi connectivity index (χ2n) is 10.5. The summed E-state index contributed by atoms with van der Waals surface area (Å²) in [7, 11) is 0. The average Bonchev–Trinajstić information content (AvgIpc) is 3.64. The van der Waals surface area contributed by atoms with Gasteiger partial charge in [0.1, 0.15) is 29.7 Å². The lowest BCUT2D eigenvalue weighted by Crippen LogP contribution is -2.55. The highest BCUT2D eigenvalue weighted by Crippen LogP contribution is 2.64. The van der Waals surface area contributed by atoms with Crippen LogP contribution in [0.15, 0.2) is 24.3 Å². The van der Waals surface area contributed by atoms with Crippen LogP contribution in [0.5, 0.6) is 0 Å². The number of carbonyl (C=O) groups excluding carboxylic acids is 3. The summed E-state index contributed by atoms with van der Waals surface area (Å²) >= 11 is 0. The Morgan fingerprint density at radius 3 is 2.74 bits per heavy atom. The number of hydrogen-bond donors (Lipinski definition) is 2. The van der Waals surface area contributed by atoms with E-state index in [4.69, 9.17) is 14.6 Å². The third-order valence-electron chi connectivity index (χ3n) is 8.60. The predicted octanol–water partition coefficient (Wildman–Crippen LogP) is 1.78. The van der Waals surface area contributed by atoms with Gasteiger partial charge in [-0.25, -0.2) is 4.68 Å². The number of carbonyl (C=O) groups is 3. The fraction of sp³-hybridized carbons (Fsp3) is 0.667. The van der Waals surface area contributed by atoms with Gasteiger partial charge in [-0.2, -0.15) is 0 Å². The Balaban J connectivity index is 1.43. The highest BCUT2D eigenvalue weighted by molar-refractivity contribution is 5.98. The van der Waals surface area contributed by atoms with Crippen LogP contribution in [0.3, 0.4) is 0 Å². The highest BCUT2D eigenvalue weighted by atomic mass is 16.6. The first-order valence-corrected chi connectivity index (χ1v) is 13.8. The lowest BCUT2D eigenvalue weighted by molar-refractivity contribution is -0.160. The first-order valence-electron chi connectivity index (χ1n) is 13.8. The number of ether oxygens (including phenoxy) is 2. The molecule has 1 spiro atoms. The number of nitrogens with zero attached hydrogens (tertiary/aromatic N) is 4. The third-order valence-corrected chi connectivity index (χ3v) is 8.60. The van der Waals surface area contributed by atoms with Gasteiger partial charge in [0.15, 0.2) is 0 Å². The zero-order valence-corrected chi connectivity index (χ0v) is 22.1. The molecule has 2 bridgehead atoms. The largest absolute Gasteiger partial charge is 0.466 e. The number of nitrogens with one attached hydrogen (secondary N) is 1. The average molecular weight is 528 g/mol. The van der Waals surface area contributed by atoms with Gasteiger partial charge in [0.05, 0.1) is 23.6 Å². The number of likely N-dealkylation sites (tertiary alicyclic amines) is 1. The molecule has 1 aromatic heterocycles. The maximum atomic E-state index is 14.0. The van der Waals surface area contributed by atoms with Crippen LogP contribution in [0.25, 0.3) is 11.0 Å². The van der Waals surface area contributed by atoms with E-state index >= 15 is 0 Å². The number of para-hydroxylation sites is 1. The summed E-state index contributed by atoms with van der Waals surface area (Å²) in [5.74, 6) is -2.45. The highest BCUT2D eigenvalue weighted by Gasteiger charge is 2.78. The summed E-state index contributed by atoms with van der Waals surface area (Å²) < 4.78 is 13.7. The Morgan fingerprint density at radius 1 is 1.18 bits per heavy atom. The molecule has 11 nitrogen and oxygen atoms in total. The van der Waals surface area contributed by atoms with E-state index in [-0.39, 0.29) is 31.7 Å². The molecule has 11 heteroatoms. The van der Waals surface area contributed by atoms with Crippen LogP contribution >= 0.6 is 0 Å². The molecule has 3 aliphatic heterocycles. The Bertz CT molecular complexity index is 1200. The fourth-order valence-electron chi connectivity index (χ4n) is 6.88. The fourth-order valence-corrected chi connectivity index (χ4v) is 6.88. The minimum atomic E-state index is -1.08. The van der Waals surface area contributed by atoms with E-state index in [0.717, 1.165) is 23.9 Å². The molecule has 0 radical (unpaired) electrons. The summed E-state index contributed by atoms with van der Waals surface area (Å²) in [5.41, 5.74) is -0.372. The van der Waals surface area contributed by atoms with Crippen molar-refractivity contribution in [3.05, 3.63) is 24.3 Å². The third kappa shape index (κ3) is 4.16. The number of aliphatic hydroxyl groups is 1. The summed E-state index contributed by atoms with van der Waals surface area (Å²) in [6.07, 6.45) is 4.73. The van der Waals surface area contributed by atoms with Crippen LogP contribution < -0.4 is 5.32 Å².